The molecule has 0 spiro atoms. The molecular formula is C13H18N2. The molecule has 80 valence electrons. The van der Waals surface area contributed by atoms with Gasteiger partial charge in [0.05, 0.1) is 11.6 Å². The van der Waals surface area contributed by atoms with Crippen LogP contribution in [0.25, 0.3) is 0 Å². The Morgan fingerprint density at radius 2 is 2.13 bits per heavy atom. The molecule has 0 amide bonds. The fraction of sp³-hybridized carbons (Fsp3) is 0.462. The lowest BCUT2D eigenvalue weighted by Crippen LogP contribution is -2.18. The third-order valence-electron chi connectivity index (χ3n) is 2.62. The lowest BCUT2D eigenvalue weighted by Gasteiger charge is -2.19. The van der Waals surface area contributed by atoms with Gasteiger partial charge in [0.1, 0.15) is 0 Å². The third kappa shape index (κ3) is 2.99. The number of aryl methyl sites for hydroxylation is 1. The van der Waals surface area contributed by atoms with E-state index in [1.54, 1.807) is 0 Å². The largest absolute Gasteiger partial charge is 0.375 e. The Bertz CT molecular complexity index is 363. The first-order valence-corrected chi connectivity index (χ1v) is 5.41. The van der Waals surface area contributed by atoms with E-state index in [1.165, 1.54) is 18.5 Å². The van der Waals surface area contributed by atoms with Gasteiger partial charge in [-0.25, -0.2) is 0 Å². The molecule has 1 aromatic rings. The van der Waals surface area contributed by atoms with Gasteiger partial charge >= 0.3 is 0 Å². The highest BCUT2D eigenvalue weighted by Gasteiger charge is 2.02. The van der Waals surface area contributed by atoms with E-state index in [2.05, 4.69) is 31.0 Å². The zero-order chi connectivity index (χ0) is 11.3. The summed E-state index contributed by atoms with van der Waals surface area (Å²) >= 11 is 0. The summed E-state index contributed by atoms with van der Waals surface area (Å²) in [6, 6.07) is 8.17. The number of anilines is 1. The van der Waals surface area contributed by atoms with Crippen LogP contribution in [0.3, 0.4) is 0 Å². The Balaban J connectivity index is 2.79. The molecule has 0 radical (unpaired) electrons. The number of nitrogens with zero attached hydrogens (tertiary/aromatic N) is 2. The number of rotatable bonds is 4. The zero-order valence-electron chi connectivity index (χ0n) is 9.75. The SMILES string of the molecule is CCCCN(C)c1ccc(C#N)c(C)c1. The molecule has 0 saturated heterocycles. The molecule has 0 bridgehead atoms. The lowest BCUT2D eigenvalue weighted by molar-refractivity contribution is 0.766. The molecule has 0 atom stereocenters. The fourth-order valence-electron chi connectivity index (χ4n) is 1.54. The van der Waals surface area contributed by atoms with E-state index < -0.39 is 0 Å². The highest BCUT2D eigenvalue weighted by Crippen LogP contribution is 2.17. The predicted molar refractivity (Wildman–Crippen MR) is 64.1 cm³/mol. The molecule has 1 rings (SSSR count). The number of unbranched alkanes of at least 4 members (excludes halogenated alkanes) is 1. The molecule has 0 N–H and O–H groups in total. The monoisotopic (exact) mass is 202 g/mol. The molecule has 0 fully saturated rings. The van der Waals surface area contributed by atoms with Crippen LogP contribution in [0.2, 0.25) is 0 Å². The first-order valence-electron chi connectivity index (χ1n) is 5.41. The van der Waals surface area contributed by atoms with Gasteiger partial charge in [-0.05, 0) is 37.1 Å². The van der Waals surface area contributed by atoms with Gasteiger partial charge in [-0.2, -0.15) is 5.26 Å². The average molecular weight is 202 g/mol. The van der Waals surface area contributed by atoms with Crippen LogP contribution in [-0.2, 0) is 0 Å². The van der Waals surface area contributed by atoms with Gasteiger partial charge in [0, 0.05) is 19.3 Å². The molecule has 0 saturated carbocycles. The van der Waals surface area contributed by atoms with Crippen LogP contribution in [0.5, 0.6) is 0 Å². The van der Waals surface area contributed by atoms with Crippen molar-refractivity contribution in [1.82, 2.24) is 0 Å². The minimum absolute atomic E-state index is 0.766. The Morgan fingerprint density at radius 1 is 1.40 bits per heavy atom. The highest BCUT2D eigenvalue weighted by molar-refractivity contribution is 5.52. The summed E-state index contributed by atoms with van der Waals surface area (Å²) in [6.07, 6.45) is 2.41. The summed E-state index contributed by atoms with van der Waals surface area (Å²) in [5.41, 5.74) is 3.01. The van der Waals surface area contributed by atoms with Gasteiger partial charge in [0.15, 0.2) is 0 Å². The minimum atomic E-state index is 0.766. The number of hydrogen-bond acceptors (Lipinski definition) is 2. The quantitative estimate of drug-likeness (QED) is 0.750. The Labute approximate surface area is 92.1 Å². The van der Waals surface area contributed by atoms with Crippen molar-refractivity contribution in [3.8, 4) is 6.07 Å². The Kier molecular flexibility index (Phi) is 4.17. The normalized spacial score (nSPS) is 9.73. The van der Waals surface area contributed by atoms with Crippen molar-refractivity contribution in [3.63, 3.8) is 0 Å². The summed E-state index contributed by atoms with van der Waals surface area (Å²) < 4.78 is 0. The summed E-state index contributed by atoms with van der Waals surface area (Å²) in [4.78, 5) is 2.23. The second-order valence-corrected chi connectivity index (χ2v) is 3.89. The van der Waals surface area contributed by atoms with Crippen molar-refractivity contribution in [2.75, 3.05) is 18.5 Å². The standard InChI is InChI=1S/C13H18N2/c1-4-5-8-15(3)13-7-6-12(10-14)11(2)9-13/h6-7,9H,4-5,8H2,1-3H3. The van der Waals surface area contributed by atoms with Crippen LogP contribution in [0.15, 0.2) is 18.2 Å². The second-order valence-electron chi connectivity index (χ2n) is 3.89. The van der Waals surface area contributed by atoms with Crippen LogP contribution in [0.1, 0.15) is 30.9 Å². The molecule has 0 heterocycles. The van der Waals surface area contributed by atoms with Gasteiger partial charge in [0.25, 0.3) is 0 Å². The molecule has 0 aliphatic heterocycles. The first kappa shape index (κ1) is 11.6. The van der Waals surface area contributed by atoms with Crippen LogP contribution >= 0.6 is 0 Å². The van der Waals surface area contributed by atoms with E-state index >= 15 is 0 Å². The van der Waals surface area contributed by atoms with Crippen molar-refractivity contribution in [1.29, 1.82) is 5.26 Å². The van der Waals surface area contributed by atoms with Gasteiger partial charge in [-0.15, -0.1) is 0 Å². The minimum Gasteiger partial charge on any atom is -0.375 e. The van der Waals surface area contributed by atoms with Crippen molar-refractivity contribution in [2.24, 2.45) is 0 Å². The van der Waals surface area contributed by atoms with Crippen molar-refractivity contribution < 1.29 is 0 Å². The topological polar surface area (TPSA) is 27.0 Å². The number of nitriles is 1. The van der Waals surface area contributed by atoms with E-state index in [0.717, 1.165) is 17.7 Å². The summed E-state index contributed by atoms with van der Waals surface area (Å²) in [7, 11) is 2.09. The van der Waals surface area contributed by atoms with E-state index in [4.69, 9.17) is 5.26 Å². The Hall–Kier alpha value is -1.49. The summed E-state index contributed by atoms with van der Waals surface area (Å²) in [6.45, 7) is 5.25. The van der Waals surface area contributed by atoms with E-state index in [9.17, 15) is 0 Å². The Morgan fingerprint density at radius 3 is 2.67 bits per heavy atom. The van der Waals surface area contributed by atoms with E-state index in [-0.39, 0.29) is 0 Å². The molecular weight excluding hydrogens is 184 g/mol. The maximum atomic E-state index is 8.83. The molecule has 0 aliphatic rings. The predicted octanol–water partition coefficient (Wildman–Crippen LogP) is 3.10. The maximum absolute atomic E-state index is 8.83. The molecule has 2 nitrogen and oxygen atoms in total. The van der Waals surface area contributed by atoms with Gasteiger partial charge < -0.3 is 4.90 Å². The van der Waals surface area contributed by atoms with Crippen molar-refractivity contribution in [2.45, 2.75) is 26.7 Å². The summed E-state index contributed by atoms with van der Waals surface area (Å²) in [5.74, 6) is 0. The first-order chi connectivity index (χ1) is 7.19. The smallest absolute Gasteiger partial charge is 0.0994 e. The van der Waals surface area contributed by atoms with E-state index in [1.807, 2.05) is 19.1 Å². The highest BCUT2D eigenvalue weighted by atomic mass is 15.1. The number of benzene rings is 1. The molecule has 2 heteroatoms. The maximum Gasteiger partial charge on any atom is 0.0994 e. The number of hydrogen-bond donors (Lipinski definition) is 0. The fourth-order valence-corrected chi connectivity index (χ4v) is 1.54. The van der Waals surface area contributed by atoms with Crippen LogP contribution in [-0.4, -0.2) is 13.6 Å². The van der Waals surface area contributed by atoms with Gasteiger partial charge in [0.2, 0.25) is 0 Å². The molecule has 15 heavy (non-hydrogen) atoms. The van der Waals surface area contributed by atoms with Crippen LogP contribution in [0, 0.1) is 18.3 Å². The van der Waals surface area contributed by atoms with Crippen molar-refractivity contribution in [3.05, 3.63) is 29.3 Å². The lowest BCUT2D eigenvalue weighted by atomic mass is 10.1. The van der Waals surface area contributed by atoms with Gasteiger partial charge in [-0.3, -0.25) is 0 Å². The van der Waals surface area contributed by atoms with Gasteiger partial charge in [-0.1, -0.05) is 13.3 Å². The zero-order valence-corrected chi connectivity index (χ0v) is 9.75. The van der Waals surface area contributed by atoms with E-state index in [0.29, 0.717) is 0 Å². The second kappa shape index (κ2) is 5.41. The third-order valence-corrected chi connectivity index (χ3v) is 2.62. The molecule has 0 unspecified atom stereocenters. The summed E-state index contributed by atoms with van der Waals surface area (Å²) in [5, 5.41) is 8.83. The molecule has 0 aliphatic carbocycles. The molecule has 0 aromatic heterocycles. The van der Waals surface area contributed by atoms with Crippen molar-refractivity contribution >= 4 is 5.69 Å². The average Bonchev–Trinajstić information content (AvgIpc) is 2.25. The van der Waals surface area contributed by atoms with Crippen LogP contribution in [0.4, 0.5) is 5.69 Å². The van der Waals surface area contributed by atoms with Crippen LogP contribution < -0.4 is 4.90 Å². The molecule has 1 aromatic carbocycles.